The van der Waals surface area contributed by atoms with E-state index in [1.807, 2.05) is 11.8 Å². The number of ether oxygens (including phenoxy) is 1. The molecular weight excluding hydrogens is 453 g/mol. The number of thiophene rings is 1. The largest absolute Gasteiger partial charge is 0.381 e. The Kier molecular flexibility index (Phi) is 10.7. The van der Waals surface area contributed by atoms with E-state index in [9.17, 15) is 0 Å². The molecule has 2 rings (SSSR count). The summed E-state index contributed by atoms with van der Waals surface area (Å²) in [6.45, 7) is 8.70. The van der Waals surface area contributed by atoms with Crippen LogP contribution >= 0.6 is 47.1 Å². The number of thioether (sulfide) groups is 1. The first-order valence-corrected chi connectivity index (χ1v) is 10.5. The van der Waals surface area contributed by atoms with Gasteiger partial charge in [0.25, 0.3) is 0 Å². The monoisotopic (exact) mass is 483 g/mol. The van der Waals surface area contributed by atoms with Crippen LogP contribution in [0.4, 0.5) is 0 Å². The third-order valence-corrected chi connectivity index (χ3v) is 6.50. The van der Waals surface area contributed by atoms with Crippen LogP contribution in [-0.2, 0) is 4.74 Å². The number of halogens is 1. The summed E-state index contributed by atoms with van der Waals surface area (Å²) in [4.78, 5) is 4.85. The van der Waals surface area contributed by atoms with E-state index in [0.29, 0.717) is 5.92 Å². The number of hydrogen-bond acceptors (Lipinski definition) is 4. The van der Waals surface area contributed by atoms with E-state index in [2.05, 4.69) is 47.6 Å². The molecule has 0 bridgehead atoms. The highest BCUT2D eigenvalue weighted by Gasteiger charge is 2.31. The van der Waals surface area contributed by atoms with Crippen molar-refractivity contribution < 1.29 is 4.74 Å². The lowest BCUT2D eigenvalue weighted by Gasteiger charge is -2.34. The standard InChI is InChI=1S/C17H29N3OS2.HI/c1-4-18-16(19-11-14(2)15-5-10-23-12-15)20-13-17(22-3)6-8-21-9-7-17;/h5,10,12,14H,4,6-9,11,13H2,1-3H3,(H2,18,19,20);1H. The van der Waals surface area contributed by atoms with Gasteiger partial charge in [-0.3, -0.25) is 4.99 Å². The van der Waals surface area contributed by atoms with Gasteiger partial charge in [-0.05, 0) is 54.3 Å². The van der Waals surface area contributed by atoms with Gasteiger partial charge >= 0.3 is 0 Å². The lowest BCUT2D eigenvalue weighted by molar-refractivity contribution is 0.0794. The van der Waals surface area contributed by atoms with Crippen LogP contribution in [0, 0.1) is 0 Å². The van der Waals surface area contributed by atoms with Crippen molar-refractivity contribution in [1.29, 1.82) is 0 Å². The van der Waals surface area contributed by atoms with E-state index < -0.39 is 0 Å². The van der Waals surface area contributed by atoms with E-state index in [1.165, 1.54) is 5.56 Å². The predicted molar refractivity (Wildman–Crippen MR) is 118 cm³/mol. The molecule has 2 heterocycles. The number of nitrogens with zero attached hydrogens (tertiary/aromatic N) is 1. The summed E-state index contributed by atoms with van der Waals surface area (Å²) in [5.74, 6) is 1.41. The molecular formula is C17H30IN3OS2. The molecule has 138 valence electrons. The second-order valence-corrected chi connectivity index (χ2v) is 8.09. The molecule has 1 aromatic heterocycles. The number of aliphatic imine (C=N–C) groups is 1. The highest BCUT2D eigenvalue weighted by atomic mass is 127. The molecule has 1 atom stereocenters. The zero-order valence-corrected chi connectivity index (χ0v) is 18.8. The maximum absolute atomic E-state index is 5.51. The van der Waals surface area contributed by atoms with Crippen molar-refractivity contribution in [3.63, 3.8) is 0 Å². The Morgan fingerprint density at radius 2 is 2.17 bits per heavy atom. The molecule has 4 nitrogen and oxygen atoms in total. The Bertz CT molecular complexity index is 476. The van der Waals surface area contributed by atoms with Crippen molar-refractivity contribution in [3.8, 4) is 0 Å². The van der Waals surface area contributed by atoms with Gasteiger partial charge in [-0.25, -0.2) is 0 Å². The topological polar surface area (TPSA) is 45.7 Å². The van der Waals surface area contributed by atoms with Gasteiger partial charge in [0, 0.05) is 31.1 Å². The van der Waals surface area contributed by atoms with Crippen molar-refractivity contribution in [3.05, 3.63) is 22.4 Å². The molecule has 0 aromatic carbocycles. The normalized spacial score (nSPS) is 18.5. The van der Waals surface area contributed by atoms with Gasteiger partial charge in [-0.1, -0.05) is 6.92 Å². The second-order valence-electron chi connectivity index (χ2n) is 6.03. The fourth-order valence-electron chi connectivity index (χ4n) is 2.66. The van der Waals surface area contributed by atoms with Crippen LogP contribution in [0.25, 0.3) is 0 Å². The molecule has 7 heteroatoms. The number of rotatable bonds is 7. The van der Waals surface area contributed by atoms with Gasteiger partial charge in [0.05, 0.1) is 6.54 Å². The second kappa shape index (κ2) is 11.6. The molecule has 0 saturated carbocycles. The lowest BCUT2D eigenvalue weighted by Crippen LogP contribution is -2.42. The maximum Gasteiger partial charge on any atom is 0.191 e. The van der Waals surface area contributed by atoms with Crippen LogP contribution in [0.3, 0.4) is 0 Å². The number of hydrogen-bond donors (Lipinski definition) is 2. The first kappa shape index (κ1) is 22.1. The van der Waals surface area contributed by atoms with Crippen LogP contribution in [0.5, 0.6) is 0 Å². The van der Waals surface area contributed by atoms with Crippen molar-refractivity contribution >= 4 is 53.0 Å². The summed E-state index contributed by atoms with van der Waals surface area (Å²) in [7, 11) is 0. The van der Waals surface area contributed by atoms with Crippen molar-refractivity contribution in [1.82, 2.24) is 10.6 Å². The fourth-order valence-corrected chi connectivity index (χ4v) is 4.21. The van der Waals surface area contributed by atoms with E-state index in [1.54, 1.807) is 11.3 Å². The molecule has 1 fully saturated rings. The lowest BCUT2D eigenvalue weighted by atomic mass is 9.99. The zero-order chi connectivity index (χ0) is 16.5. The van der Waals surface area contributed by atoms with Crippen LogP contribution in [-0.4, -0.2) is 49.8 Å². The van der Waals surface area contributed by atoms with E-state index in [4.69, 9.17) is 9.73 Å². The molecule has 1 saturated heterocycles. The molecule has 2 N–H and O–H groups in total. The van der Waals surface area contributed by atoms with Crippen LogP contribution in [0.1, 0.15) is 38.2 Å². The minimum atomic E-state index is 0. The third kappa shape index (κ3) is 6.72. The smallest absolute Gasteiger partial charge is 0.191 e. The molecule has 0 radical (unpaired) electrons. The Balaban J connectivity index is 0.00000288. The predicted octanol–water partition coefficient (Wildman–Crippen LogP) is 3.94. The minimum Gasteiger partial charge on any atom is -0.381 e. The van der Waals surface area contributed by atoms with Gasteiger partial charge in [0.1, 0.15) is 0 Å². The first-order valence-electron chi connectivity index (χ1n) is 8.36. The van der Waals surface area contributed by atoms with Crippen LogP contribution < -0.4 is 10.6 Å². The zero-order valence-electron chi connectivity index (χ0n) is 14.8. The summed E-state index contributed by atoms with van der Waals surface area (Å²) in [6, 6.07) is 2.20. The first-order chi connectivity index (χ1) is 11.2. The average molecular weight is 483 g/mol. The molecule has 1 aliphatic heterocycles. The van der Waals surface area contributed by atoms with Gasteiger partial charge in [-0.2, -0.15) is 23.1 Å². The van der Waals surface area contributed by atoms with E-state index >= 15 is 0 Å². The Morgan fingerprint density at radius 3 is 2.75 bits per heavy atom. The summed E-state index contributed by atoms with van der Waals surface area (Å²) < 4.78 is 5.74. The summed E-state index contributed by atoms with van der Waals surface area (Å²) >= 11 is 3.69. The summed E-state index contributed by atoms with van der Waals surface area (Å²) in [5.41, 5.74) is 1.39. The Hall–Kier alpha value is 0.01000. The average Bonchev–Trinajstić information content (AvgIpc) is 3.12. The molecule has 24 heavy (non-hydrogen) atoms. The Morgan fingerprint density at radius 1 is 1.42 bits per heavy atom. The Labute approximate surface area is 171 Å². The number of guanidine groups is 1. The maximum atomic E-state index is 5.51. The molecule has 1 unspecified atom stereocenters. The van der Waals surface area contributed by atoms with Gasteiger partial charge in [0.2, 0.25) is 0 Å². The SMILES string of the molecule is CCNC(=NCC1(SC)CCOCC1)NCC(C)c1ccsc1.I. The third-order valence-electron chi connectivity index (χ3n) is 4.39. The number of nitrogens with one attached hydrogen (secondary N) is 2. The van der Waals surface area contributed by atoms with Crippen LogP contribution in [0.2, 0.25) is 0 Å². The fraction of sp³-hybridized carbons (Fsp3) is 0.706. The molecule has 1 aliphatic rings. The molecule has 0 spiro atoms. The minimum absolute atomic E-state index is 0. The molecule has 0 aliphatic carbocycles. The van der Waals surface area contributed by atoms with Crippen LogP contribution in [0.15, 0.2) is 21.8 Å². The molecule has 1 aromatic rings. The van der Waals surface area contributed by atoms with E-state index in [0.717, 1.165) is 51.6 Å². The van der Waals surface area contributed by atoms with Crippen molar-refractivity contribution in [2.45, 2.75) is 37.4 Å². The van der Waals surface area contributed by atoms with Crippen molar-refractivity contribution in [2.75, 3.05) is 39.1 Å². The van der Waals surface area contributed by atoms with Gasteiger partial charge < -0.3 is 15.4 Å². The van der Waals surface area contributed by atoms with E-state index in [-0.39, 0.29) is 28.7 Å². The molecule has 0 amide bonds. The summed E-state index contributed by atoms with van der Waals surface area (Å²) in [6.07, 6.45) is 4.37. The van der Waals surface area contributed by atoms with Gasteiger partial charge in [-0.15, -0.1) is 24.0 Å². The summed E-state index contributed by atoms with van der Waals surface area (Å²) in [5, 5.41) is 11.2. The van der Waals surface area contributed by atoms with Gasteiger partial charge in [0.15, 0.2) is 5.96 Å². The highest BCUT2D eigenvalue weighted by Crippen LogP contribution is 2.33. The quantitative estimate of drug-likeness (QED) is 0.351. The highest BCUT2D eigenvalue weighted by molar-refractivity contribution is 14.0. The van der Waals surface area contributed by atoms with Crippen molar-refractivity contribution in [2.24, 2.45) is 4.99 Å².